The molecule has 2 amide bonds. The molecule has 7 heteroatoms. The SMILES string of the molecule is CC1(C)CC(NC(=O)C2CNC(=O)C2)c2cc(N)ccc2O1.Cl. The summed E-state index contributed by atoms with van der Waals surface area (Å²) in [6.45, 7) is 4.39. The molecule has 2 aliphatic heterocycles. The summed E-state index contributed by atoms with van der Waals surface area (Å²) in [6, 6.07) is 5.31. The Kier molecular flexibility index (Phi) is 4.75. The highest BCUT2D eigenvalue weighted by Crippen LogP contribution is 2.40. The average molecular weight is 340 g/mol. The molecular weight excluding hydrogens is 318 g/mol. The summed E-state index contributed by atoms with van der Waals surface area (Å²) in [6.07, 6.45) is 0.908. The van der Waals surface area contributed by atoms with Crippen molar-refractivity contribution >= 4 is 29.9 Å². The Morgan fingerprint density at radius 1 is 1.43 bits per heavy atom. The van der Waals surface area contributed by atoms with Crippen molar-refractivity contribution in [2.45, 2.75) is 38.3 Å². The van der Waals surface area contributed by atoms with Crippen molar-refractivity contribution in [1.82, 2.24) is 10.6 Å². The molecule has 0 aromatic heterocycles. The van der Waals surface area contributed by atoms with Gasteiger partial charge in [-0.2, -0.15) is 0 Å². The van der Waals surface area contributed by atoms with Gasteiger partial charge in [0, 0.05) is 30.6 Å². The van der Waals surface area contributed by atoms with Crippen LogP contribution in [0.5, 0.6) is 5.75 Å². The number of rotatable bonds is 2. The van der Waals surface area contributed by atoms with Crippen molar-refractivity contribution in [2.24, 2.45) is 5.92 Å². The minimum Gasteiger partial charge on any atom is -0.487 e. The van der Waals surface area contributed by atoms with Gasteiger partial charge in [-0.3, -0.25) is 9.59 Å². The number of anilines is 1. The standard InChI is InChI=1S/C16H21N3O3.ClH/c1-16(2)7-12(11-6-10(17)3-4-13(11)22-16)19-15(21)9-5-14(20)18-8-9;/h3-4,6,9,12H,5,7-8,17H2,1-2H3,(H,18,20)(H,19,21);1H. The summed E-state index contributed by atoms with van der Waals surface area (Å²) >= 11 is 0. The lowest BCUT2D eigenvalue weighted by atomic mass is 9.89. The van der Waals surface area contributed by atoms with E-state index >= 15 is 0 Å². The second-order valence-electron chi connectivity index (χ2n) is 6.63. The van der Waals surface area contributed by atoms with Crippen molar-refractivity contribution in [1.29, 1.82) is 0 Å². The van der Waals surface area contributed by atoms with Crippen molar-refractivity contribution in [2.75, 3.05) is 12.3 Å². The maximum absolute atomic E-state index is 12.4. The first-order valence-corrected chi connectivity index (χ1v) is 7.49. The molecule has 3 rings (SSSR count). The molecule has 0 bridgehead atoms. The number of carbonyl (C=O) groups is 2. The normalized spacial score (nSPS) is 24.7. The van der Waals surface area contributed by atoms with Crippen LogP contribution in [0.25, 0.3) is 0 Å². The van der Waals surface area contributed by atoms with Gasteiger partial charge < -0.3 is 21.1 Å². The van der Waals surface area contributed by atoms with Gasteiger partial charge in [0.15, 0.2) is 0 Å². The van der Waals surface area contributed by atoms with Crippen molar-refractivity contribution < 1.29 is 14.3 Å². The summed E-state index contributed by atoms with van der Waals surface area (Å²) in [4.78, 5) is 23.7. The van der Waals surface area contributed by atoms with E-state index in [1.807, 2.05) is 26.0 Å². The van der Waals surface area contributed by atoms with Crippen LogP contribution in [0, 0.1) is 5.92 Å². The number of ether oxygens (including phenoxy) is 1. The van der Waals surface area contributed by atoms with E-state index in [0.717, 1.165) is 11.3 Å². The van der Waals surface area contributed by atoms with Gasteiger partial charge in [0.05, 0.1) is 12.0 Å². The summed E-state index contributed by atoms with van der Waals surface area (Å²) in [5, 5.41) is 5.74. The second kappa shape index (κ2) is 6.28. The predicted molar refractivity (Wildman–Crippen MR) is 89.4 cm³/mol. The molecule has 0 aliphatic carbocycles. The van der Waals surface area contributed by atoms with Gasteiger partial charge in [-0.05, 0) is 32.0 Å². The van der Waals surface area contributed by atoms with Gasteiger partial charge in [-0.15, -0.1) is 12.4 Å². The highest BCUT2D eigenvalue weighted by molar-refractivity contribution is 5.89. The third kappa shape index (κ3) is 3.69. The molecule has 1 aromatic rings. The largest absolute Gasteiger partial charge is 0.487 e. The number of amides is 2. The first kappa shape index (κ1) is 17.4. The maximum atomic E-state index is 12.4. The summed E-state index contributed by atoms with van der Waals surface area (Å²) in [7, 11) is 0. The highest BCUT2D eigenvalue weighted by Gasteiger charge is 2.36. The van der Waals surface area contributed by atoms with E-state index in [-0.39, 0.29) is 48.2 Å². The smallest absolute Gasteiger partial charge is 0.225 e. The van der Waals surface area contributed by atoms with E-state index in [1.54, 1.807) is 6.07 Å². The first-order valence-electron chi connectivity index (χ1n) is 7.49. The van der Waals surface area contributed by atoms with Crippen LogP contribution in [0.15, 0.2) is 18.2 Å². The zero-order valence-corrected chi connectivity index (χ0v) is 14.0. The van der Waals surface area contributed by atoms with Crippen molar-refractivity contribution in [3.05, 3.63) is 23.8 Å². The molecule has 2 atom stereocenters. The minimum atomic E-state index is -0.370. The zero-order valence-electron chi connectivity index (χ0n) is 13.2. The van der Waals surface area contributed by atoms with E-state index < -0.39 is 0 Å². The van der Waals surface area contributed by atoms with E-state index in [2.05, 4.69) is 10.6 Å². The van der Waals surface area contributed by atoms with Gasteiger partial charge in [-0.1, -0.05) is 0 Å². The van der Waals surface area contributed by atoms with E-state index in [9.17, 15) is 9.59 Å². The Hall–Kier alpha value is -1.95. The van der Waals surface area contributed by atoms with E-state index in [4.69, 9.17) is 10.5 Å². The first-order chi connectivity index (χ1) is 10.3. The molecule has 1 aromatic carbocycles. The monoisotopic (exact) mass is 339 g/mol. The average Bonchev–Trinajstić information content (AvgIpc) is 2.85. The third-order valence-corrected chi connectivity index (χ3v) is 4.16. The Labute approximate surface area is 141 Å². The number of nitrogens with one attached hydrogen (secondary N) is 2. The highest BCUT2D eigenvalue weighted by atomic mass is 35.5. The minimum absolute atomic E-state index is 0. The number of hydrogen-bond donors (Lipinski definition) is 3. The van der Waals surface area contributed by atoms with Crippen molar-refractivity contribution in [3.63, 3.8) is 0 Å². The topological polar surface area (TPSA) is 93.5 Å². The van der Waals surface area contributed by atoms with Crippen LogP contribution in [0.2, 0.25) is 0 Å². The van der Waals surface area contributed by atoms with Gasteiger partial charge in [0.25, 0.3) is 0 Å². The Balaban J connectivity index is 0.00000192. The molecular formula is C16H22ClN3O3. The lowest BCUT2D eigenvalue weighted by Gasteiger charge is -2.38. The number of halogens is 1. The number of carbonyl (C=O) groups excluding carboxylic acids is 2. The number of nitrogens with two attached hydrogens (primary N) is 1. The number of hydrogen-bond acceptors (Lipinski definition) is 4. The zero-order chi connectivity index (χ0) is 15.9. The third-order valence-electron chi connectivity index (χ3n) is 4.16. The molecule has 2 unspecified atom stereocenters. The molecule has 2 aliphatic rings. The lowest BCUT2D eigenvalue weighted by Crippen LogP contribution is -2.43. The van der Waals surface area contributed by atoms with E-state index in [0.29, 0.717) is 18.7 Å². The fourth-order valence-corrected chi connectivity index (χ4v) is 3.08. The molecule has 0 radical (unpaired) electrons. The number of fused-ring (bicyclic) bond motifs is 1. The second-order valence-corrected chi connectivity index (χ2v) is 6.63. The molecule has 4 N–H and O–H groups in total. The van der Waals surface area contributed by atoms with Crippen LogP contribution in [0.4, 0.5) is 5.69 Å². The predicted octanol–water partition coefficient (Wildman–Crippen LogP) is 1.55. The van der Waals surface area contributed by atoms with Crippen LogP contribution in [0.3, 0.4) is 0 Å². The molecule has 0 spiro atoms. The van der Waals surface area contributed by atoms with Crippen LogP contribution in [0.1, 0.15) is 38.3 Å². The van der Waals surface area contributed by atoms with Gasteiger partial charge in [0.2, 0.25) is 11.8 Å². The van der Waals surface area contributed by atoms with Gasteiger partial charge in [0.1, 0.15) is 11.4 Å². The number of nitrogen functional groups attached to an aromatic ring is 1. The Morgan fingerprint density at radius 2 is 2.17 bits per heavy atom. The van der Waals surface area contributed by atoms with Gasteiger partial charge >= 0.3 is 0 Å². The fraction of sp³-hybridized carbons (Fsp3) is 0.500. The molecule has 0 saturated carbocycles. The Bertz CT molecular complexity index is 633. The molecule has 6 nitrogen and oxygen atoms in total. The molecule has 1 fully saturated rings. The summed E-state index contributed by atoms with van der Waals surface area (Å²) in [5.41, 5.74) is 7.02. The summed E-state index contributed by atoms with van der Waals surface area (Å²) in [5.74, 6) is 0.269. The Morgan fingerprint density at radius 3 is 2.83 bits per heavy atom. The fourth-order valence-electron chi connectivity index (χ4n) is 3.08. The maximum Gasteiger partial charge on any atom is 0.225 e. The molecule has 1 saturated heterocycles. The van der Waals surface area contributed by atoms with Gasteiger partial charge in [-0.25, -0.2) is 0 Å². The van der Waals surface area contributed by atoms with E-state index in [1.165, 1.54) is 0 Å². The van der Waals surface area contributed by atoms with Crippen LogP contribution < -0.4 is 21.1 Å². The molecule has 23 heavy (non-hydrogen) atoms. The van der Waals surface area contributed by atoms with Crippen LogP contribution >= 0.6 is 12.4 Å². The van der Waals surface area contributed by atoms with Crippen LogP contribution in [-0.2, 0) is 9.59 Å². The quantitative estimate of drug-likeness (QED) is 0.712. The molecule has 2 heterocycles. The van der Waals surface area contributed by atoms with Crippen molar-refractivity contribution in [3.8, 4) is 5.75 Å². The van der Waals surface area contributed by atoms with Crippen LogP contribution in [-0.4, -0.2) is 24.0 Å². The molecule has 126 valence electrons. The number of benzene rings is 1. The summed E-state index contributed by atoms with van der Waals surface area (Å²) < 4.78 is 5.96. The lowest BCUT2D eigenvalue weighted by molar-refractivity contribution is -0.127.